The van der Waals surface area contributed by atoms with Gasteiger partial charge in [-0.3, -0.25) is 0 Å². The second kappa shape index (κ2) is 12.7. The third kappa shape index (κ3) is 4.85. The van der Waals surface area contributed by atoms with E-state index in [2.05, 4.69) is 203 Å². The van der Waals surface area contributed by atoms with E-state index in [4.69, 9.17) is 9.97 Å². The Labute approximate surface area is 344 Å². The van der Waals surface area contributed by atoms with Gasteiger partial charge < -0.3 is 9.13 Å². The van der Waals surface area contributed by atoms with Gasteiger partial charge >= 0.3 is 0 Å². The van der Waals surface area contributed by atoms with Gasteiger partial charge in [-0.2, -0.15) is 0 Å². The molecule has 0 atom stereocenters. The lowest BCUT2D eigenvalue weighted by Crippen LogP contribution is -1.97. The number of para-hydroxylation sites is 2. The minimum Gasteiger partial charge on any atom is -0.309 e. The molecule has 13 aromatic rings. The van der Waals surface area contributed by atoms with Gasteiger partial charge in [0, 0.05) is 49.4 Å². The Kier molecular flexibility index (Phi) is 6.98. The van der Waals surface area contributed by atoms with Gasteiger partial charge in [0.1, 0.15) is 0 Å². The van der Waals surface area contributed by atoms with Gasteiger partial charge in [0.2, 0.25) is 0 Å². The molecule has 0 saturated carbocycles. The lowest BCUT2D eigenvalue weighted by molar-refractivity contribution is 1.17. The maximum atomic E-state index is 5.55. The molecule has 0 amide bonds. The van der Waals surface area contributed by atoms with Crippen molar-refractivity contribution in [1.29, 1.82) is 0 Å². The normalized spacial score (nSPS) is 12.0. The lowest BCUT2D eigenvalue weighted by atomic mass is 9.98. The number of hydrogen-bond acceptors (Lipinski definition) is 2. The summed E-state index contributed by atoms with van der Waals surface area (Å²) in [6, 6.07) is 74.3. The van der Waals surface area contributed by atoms with E-state index in [0.29, 0.717) is 0 Å². The van der Waals surface area contributed by atoms with Gasteiger partial charge in [-0.25, -0.2) is 9.97 Å². The molecule has 4 heteroatoms. The summed E-state index contributed by atoms with van der Waals surface area (Å²) in [6.07, 6.45) is 0. The largest absolute Gasteiger partial charge is 0.309 e. The van der Waals surface area contributed by atoms with Gasteiger partial charge in [0.05, 0.1) is 44.5 Å². The molecular formula is C56H34N4. The predicted octanol–water partition coefficient (Wildman–Crippen LogP) is 14.6. The topological polar surface area (TPSA) is 35.6 Å². The summed E-state index contributed by atoms with van der Waals surface area (Å²) in [6.45, 7) is 0. The summed E-state index contributed by atoms with van der Waals surface area (Å²) in [5.41, 5.74) is 12.6. The van der Waals surface area contributed by atoms with Crippen LogP contribution < -0.4 is 0 Å². The molecular weight excluding hydrogens is 729 g/mol. The minimum absolute atomic E-state index is 0.874. The van der Waals surface area contributed by atoms with Crippen LogP contribution in [0.5, 0.6) is 0 Å². The number of hydrogen-bond donors (Lipinski definition) is 0. The molecule has 0 fully saturated rings. The maximum absolute atomic E-state index is 5.55. The van der Waals surface area contributed by atoms with E-state index >= 15 is 0 Å². The van der Waals surface area contributed by atoms with E-state index in [1.807, 2.05) is 12.1 Å². The molecule has 10 aromatic carbocycles. The van der Waals surface area contributed by atoms with Crippen LogP contribution in [-0.2, 0) is 0 Å². The number of aromatic nitrogens is 4. The average molecular weight is 763 g/mol. The van der Waals surface area contributed by atoms with E-state index in [1.54, 1.807) is 0 Å². The van der Waals surface area contributed by atoms with Crippen molar-refractivity contribution in [2.75, 3.05) is 0 Å². The molecule has 0 aliphatic heterocycles. The molecule has 0 spiro atoms. The lowest BCUT2D eigenvalue weighted by Gasteiger charge is -2.15. The predicted molar refractivity (Wildman–Crippen MR) is 252 cm³/mol. The van der Waals surface area contributed by atoms with Crippen molar-refractivity contribution >= 4 is 87.0 Å². The van der Waals surface area contributed by atoms with Crippen LogP contribution in [0.15, 0.2) is 206 Å². The third-order valence-electron chi connectivity index (χ3n) is 12.4. The molecule has 0 aliphatic rings. The summed E-state index contributed by atoms with van der Waals surface area (Å²) in [5.74, 6) is 0. The van der Waals surface area contributed by atoms with E-state index in [-0.39, 0.29) is 0 Å². The fourth-order valence-corrected chi connectivity index (χ4v) is 9.68. The van der Waals surface area contributed by atoms with Gasteiger partial charge in [0.25, 0.3) is 0 Å². The van der Waals surface area contributed by atoms with Crippen molar-refractivity contribution in [2.45, 2.75) is 0 Å². The van der Waals surface area contributed by atoms with Crippen molar-refractivity contribution in [3.63, 3.8) is 0 Å². The Balaban J connectivity index is 1.14. The second-order valence-electron chi connectivity index (χ2n) is 15.8. The molecule has 0 radical (unpaired) electrons. The standard InChI is InChI=1S/C56H34N4/c1-4-14-37(15-5-1)54-55(38-16-6-2-7-17-38)58-56-48(57-54)29-27-36-25-24-35-26-28-42(32-44(35)53(36)56)60-50-31-40-19-11-10-18-39(40)30-45(50)47-33-46-43-22-12-13-23-49(43)59(51(46)34-52(47)60)41-20-8-3-9-21-41/h1-34H. The highest BCUT2D eigenvalue weighted by atomic mass is 15.0. The van der Waals surface area contributed by atoms with Crippen molar-refractivity contribution in [1.82, 2.24) is 19.1 Å². The minimum atomic E-state index is 0.874. The fourth-order valence-electron chi connectivity index (χ4n) is 9.68. The van der Waals surface area contributed by atoms with Crippen molar-refractivity contribution in [2.24, 2.45) is 0 Å². The van der Waals surface area contributed by atoms with Crippen LogP contribution in [0.2, 0.25) is 0 Å². The SMILES string of the molecule is c1ccc(-c2nc3ccc4ccc5ccc(-n6c7cc8ccccc8cc7c7cc8c9ccccc9n(-c9ccccc9)c8cc76)cc5c4c3nc2-c2ccccc2)cc1. The Morgan fingerprint density at radius 1 is 0.300 bits per heavy atom. The van der Waals surface area contributed by atoms with Crippen molar-refractivity contribution in [3.05, 3.63) is 206 Å². The maximum Gasteiger partial charge on any atom is 0.0979 e. The first-order valence-corrected chi connectivity index (χ1v) is 20.5. The summed E-state index contributed by atoms with van der Waals surface area (Å²) in [7, 11) is 0. The smallest absolute Gasteiger partial charge is 0.0979 e. The average Bonchev–Trinajstić information content (AvgIpc) is 3.81. The van der Waals surface area contributed by atoms with E-state index < -0.39 is 0 Å². The van der Waals surface area contributed by atoms with Crippen LogP contribution in [0, 0.1) is 0 Å². The highest BCUT2D eigenvalue weighted by Gasteiger charge is 2.21. The Bertz CT molecular complexity index is 3860. The molecule has 13 rings (SSSR count). The van der Waals surface area contributed by atoms with E-state index in [9.17, 15) is 0 Å². The van der Waals surface area contributed by atoms with Crippen molar-refractivity contribution in [3.8, 4) is 33.9 Å². The van der Waals surface area contributed by atoms with Gasteiger partial charge in [-0.05, 0) is 87.6 Å². The van der Waals surface area contributed by atoms with Crippen LogP contribution in [-0.4, -0.2) is 19.1 Å². The Morgan fingerprint density at radius 3 is 1.62 bits per heavy atom. The quantitative estimate of drug-likeness (QED) is 0.167. The van der Waals surface area contributed by atoms with Gasteiger partial charge in [-0.15, -0.1) is 0 Å². The molecule has 60 heavy (non-hydrogen) atoms. The van der Waals surface area contributed by atoms with Crippen LogP contribution in [0.4, 0.5) is 0 Å². The number of rotatable bonds is 4. The van der Waals surface area contributed by atoms with Gasteiger partial charge in [0.15, 0.2) is 0 Å². The molecule has 0 bridgehead atoms. The van der Waals surface area contributed by atoms with E-state index in [1.165, 1.54) is 48.9 Å². The zero-order valence-electron chi connectivity index (χ0n) is 32.4. The highest BCUT2D eigenvalue weighted by molar-refractivity contribution is 6.22. The first kappa shape index (κ1) is 32.9. The molecule has 4 nitrogen and oxygen atoms in total. The van der Waals surface area contributed by atoms with Crippen LogP contribution in [0.1, 0.15) is 0 Å². The van der Waals surface area contributed by atoms with Gasteiger partial charge in [-0.1, -0.05) is 146 Å². The van der Waals surface area contributed by atoms with Crippen molar-refractivity contribution < 1.29 is 0 Å². The number of benzene rings is 10. The molecule has 278 valence electrons. The summed E-state index contributed by atoms with van der Waals surface area (Å²) in [4.78, 5) is 10.9. The summed E-state index contributed by atoms with van der Waals surface area (Å²) in [5, 5.41) is 11.9. The molecule has 0 unspecified atom stereocenters. The fraction of sp³-hybridized carbons (Fsp3) is 0. The molecule has 3 heterocycles. The Hall–Kier alpha value is -8.08. The molecule has 0 N–H and O–H groups in total. The first-order chi connectivity index (χ1) is 29.7. The summed E-state index contributed by atoms with van der Waals surface area (Å²) >= 11 is 0. The van der Waals surface area contributed by atoms with Crippen LogP contribution in [0.25, 0.3) is 121 Å². The molecule has 0 saturated heterocycles. The Morgan fingerprint density at radius 2 is 0.850 bits per heavy atom. The number of nitrogens with zero attached hydrogens (tertiary/aromatic N) is 4. The summed E-state index contributed by atoms with van der Waals surface area (Å²) < 4.78 is 4.89. The first-order valence-electron chi connectivity index (χ1n) is 20.5. The monoisotopic (exact) mass is 762 g/mol. The highest BCUT2D eigenvalue weighted by Crippen LogP contribution is 2.42. The number of fused-ring (bicyclic) bond motifs is 12. The third-order valence-corrected chi connectivity index (χ3v) is 12.4. The zero-order chi connectivity index (χ0) is 39.3. The second-order valence-corrected chi connectivity index (χ2v) is 15.8. The zero-order valence-corrected chi connectivity index (χ0v) is 32.4. The van der Waals surface area contributed by atoms with Crippen LogP contribution in [0.3, 0.4) is 0 Å². The van der Waals surface area contributed by atoms with E-state index in [0.717, 1.165) is 72.0 Å². The molecule has 0 aliphatic carbocycles. The van der Waals surface area contributed by atoms with Crippen LogP contribution >= 0.6 is 0 Å². The molecule has 3 aromatic heterocycles.